The third-order valence-corrected chi connectivity index (χ3v) is 3.28. The van der Waals surface area contributed by atoms with Gasteiger partial charge in [-0.1, -0.05) is 18.2 Å². The lowest BCUT2D eigenvalue weighted by Crippen LogP contribution is -2.14. The summed E-state index contributed by atoms with van der Waals surface area (Å²) in [5.74, 6) is 1.24. The Morgan fingerprint density at radius 2 is 2.19 bits per heavy atom. The maximum Gasteiger partial charge on any atom is 0.133 e. The molecule has 3 rings (SSSR count). The largest absolute Gasteiger partial charge is 0.301 e. The minimum atomic E-state index is 0.0556. The predicted molar refractivity (Wildman–Crippen MR) is 64.5 cm³/mol. The molecule has 4 heteroatoms. The summed E-state index contributed by atoms with van der Waals surface area (Å²) in [5.41, 5.74) is 1.06. The van der Waals surface area contributed by atoms with E-state index in [0.29, 0.717) is 5.92 Å². The Labute approximate surface area is 98.9 Å². The monoisotopic (exact) mass is 233 g/mol. The van der Waals surface area contributed by atoms with Gasteiger partial charge in [-0.15, -0.1) is 11.6 Å². The highest BCUT2D eigenvalue weighted by Gasteiger charge is 2.25. The smallest absolute Gasteiger partial charge is 0.133 e. The number of hydrogen-bond donors (Lipinski definition) is 1. The van der Waals surface area contributed by atoms with Gasteiger partial charge in [-0.2, -0.15) is 0 Å². The van der Waals surface area contributed by atoms with Crippen molar-refractivity contribution in [1.82, 2.24) is 15.3 Å². The Balaban J connectivity index is 1.99. The molecule has 0 radical (unpaired) electrons. The third-order valence-electron chi connectivity index (χ3n) is 2.95. The molecule has 0 saturated carbocycles. The van der Waals surface area contributed by atoms with Crippen molar-refractivity contribution >= 4 is 22.5 Å². The average molecular weight is 234 g/mol. The van der Waals surface area contributed by atoms with Gasteiger partial charge in [0, 0.05) is 24.0 Å². The summed E-state index contributed by atoms with van der Waals surface area (Å²) in [4.78, 5) is 9.00. The van der Waals surface area contributed by atoms with Crippen LogP contribution in [0.5, 0.6) is 0 Å². The maximum atomic E-state index is 6.01. The fourth-order valence-corrected chi connectivity index (χ4v) is 2.37. The summed E-state index contributed by atoms with van der Waals surface area (Å²) in [6.45, 7) is 0.868. The molecule has 16 heavy (non-hydrogen) atoms. The van der Waals surface area contributed by atoms with Gasteiger partial charge in [-0.25, -0.2) is 9.97 Å². The van der Waals surface area contributed by atoms with E-state index in [4.69, 9.17) is 11.6 Å². The van der Waals surface area contributed by atoms with Crippen LogP contribution in [-0.4, -0.2) is 22.0 Å². The van der Waals surface area contributed by atoms with Crippen molar-refractivity contribution in [2.24, 2.45) is 0 Å². The molecule has 1 saturated heterocycles. The molecular formula is C12H12ClN3. The molecule has 1 N–H and O–H groups in total. The second-order valence-corrected chi connectivity index (χ2v) is 4.62. The number of benzene rings is 1. The highest BCUT2D eigenvalue weighted by molar-refractivity contribution is 6.20. The van der Waals surface area contributed by atoms with Crippen molar-refractivity contribution in [3.8, 4) is 0 Å². The summed E-state index contributed by atoms with van der Waals surface area (Å²) in [7, 11) is 0. The van der Waals surface area contributed by atoms with Crippen LogP contribution in [0.25, 0.3) is 10.9 Å². The molecule has 1 fully saturated rings. The van der Waals surface area contributed by atoms with Crippen LogP contribution in [0.2, 0.25) is 0 Å². The lowest BCUT2D eigenvalue weighted by molar-refractivity contribution is 0.705. The Morgan fingerprint density at radius 1 is 1.31 bits per heavy atom. The number of aromatic nitrogens is 2. The molecule has 1 aromatic heterocycles. The first-order valence-corrected chi connectivity index (χ1v) is 5.86. The first-order valence-electron chi connectivity index (χ1n) is 5.42. The van der Waals surface area contributed by atoms with E-state index < -0.39 is 0 Å². The minimum absolute atomic E-state index is 0.0556. The zero-order valence-electron chi connectivity index (χ0n) is 8.73. The van der Waals surface area contributed by atoms with E-state index in [9.17, 15) is 0 Å². The lowest BCUT2D eigenvalue weighted by Gasteiger charge is -2.07. The summed E-state index contributed by atoms with van der Waals surface area (Å²) in [5, 5.41) is 4.28. The van der Waals surface area contributed by atoms with Crippen LogP contribution in [0, 0.1) is 0 Å². The van der Waals surface area contributed by atoms with Crippen LogP contribution < -0.4 is 5.32 Å². The highest BCUT2D eigenvalue weighted by Crippen LogP contribution is 2.25. The third kappa shape index (κ3) is 1.77. The number of fused-ring (bicyclic) bond motifs is 1. The topological polar surface area (TPSA) is 37.8 Å². The molecule has 0 spiro atoms. The lowest BCUT2D eigenvalue weighted by atomic mass is 10.1. The molecule has 1 aromatic carbocycles. The van der Waals surface area contributed by atoms with Crippen molar-refractivity contribution in [3.63, 3.8) is 0 Å². The van der Waals surface area contributed by atoms with Crippen molar-refractivity contribution in [1.29, 1.82) is 0 Å². The van der Waals surface area contributed by atoms with Crippen LogP contribution in [0.3, 0.4) is 0 Å². The summed E-state index contributed by atoms with van der Waals surface area (Å²) in [6, 6.07) is 8.03. The molecular weight excluding hydrogens is 222 g/mol. The quantitative estimate of drug-likeness (QED) is 0.607. The standard InChI is InChI=1S/C12H12ClN3/c13-11-5-9(7-14-11)12-15-6-8-3-1-2-4-10(8)16-12/h1-4,6,9,11,14H,5,7H2. The first-order chi connectivity index (χ1) is 7.83. The van der Waals surface area contributed by atoms with Gasteiger partial charge < -0.3 is 5.32 Å². The van der Waals surface area contributed by atoms with E-state index in [2.05, 4.69) is 15.3 Å². The Hall–Kier alpha value is -1.19. The first kappa shape index (κ1) is 10.00. The van der Waals surface area contributed by atoms with Gasteiger partial charge in [0.25, 0.3) is 0 Å². The predicted octanol–water partition coefficient (Wildman–Crippen LogP) is 2.27. The molecule has 0 bridgehead atoms. The SMILES string of the molecule is ClC1CC(c2ncc3ccccc3n2)CN1. The van der Waals surface area contributed by atoms with Gasteiger partial charge in [-0.05, 0) is 12.5 Å². The van der Waals surface area contributed by atoms with E-state index in [0.717, 1.165) is 29.7 Å². The van der Waals surface area contributed by atoms with Gasteiger partial charge in [0.2, 0.25) is 0 Å². The van der Waals surface area contributed by atoms with Crippen LogP contribution in [-0.2, 0) is 0 Å². The van der Waals surface area contributed by atoms with E-state index >= 15 is 0 Å². The molecule has 0 aliphatic carbocycles. The number of hydrogen-bond acceptors (Lipinski definition) is 3. The van der Waals surface area contributed by atoms with Crippen LogP contribution in [0.15, 0.2) is 30.5 Å². The Kier molecular flexibility index (Phi) is 2.50. The van der Waals surface area contributed by atoms with Crippen molar-refractivity contribution in [2.45, 2.75) is 17.8 Å². The van der Waals surface area contributed by atoms with Gasteiger partial charge in [-0.3, -0.25) is 0 Å². The van der Waals surface area contributed by atoms with Gasteiger partial charge in [0.05, 0.1) is 11.0 Å². The van der Waals surface area contributed by atoms with Crippen LogP contribution in [0.1, 0.15) is 18.2 Å². The van der Waals surface area contributed by atoms with E-state index in [1.54, 1.807) is 0 Å². The molecule has 0 amide bonds. The summed E-state index contributed by atoms with van der Waals surface area (Å²) >= 11 is 6.01. The molecule has 3 nitrogen and oxygen atoms in total. The normalized spacial score (nSPS) is 25.1. The molecule has 2 heterocycles. The van der Waals surface area contributed by atoms with Gasteiger partial charge >= 0.3 is 0 Å². The van der Waals surface area contributed by atoms with Crippen LogP contribution in [0.4, 0.5) is 0 Å². The number of halogens is 1. The zero-order chi connectivity index (χ0) is 11.0. The molecule has 2 aromatic rings. The molecule has 1 aliphatic heterocycles. The summed E-state index contributed by atoms with van der Waals surface area (Å²) in [6.07, 6.45) is 2.79. The maximum absolute atomic E-state index is 6.01. The van der Waals surface area contributed by atoms with Crippen LogP contribution >= 0.6 is 11.6 Å². The molecule has 82 valence electrons. The Morgan fingerprint density at radius 3 is 3.00 bits per heavy atom. The highest BCUT2D eigenvalue weighted by atomic mass is 35.5. The summed E-state index contributed by atoms with van der Waals surface area (Å²) < 4.78 is 0. The number of para-hydroxylation sites is 1. The number of nitrogens with one attached hydrogen (secondary N) is 1. The second kappa shape index (κ2) is 4.00. The number of rotatable bonds is 1. The fraction of sp³-hybridized carbons (Fsp3) is 0.333. The molecule has 2 atom stereocenters. The van der Waals surface area contributed by atoms with Gasteiger partial charge in [0.15, 0.2) is 0 Å². The second-order valence-electron chi connectivity index (χ2n) is 4.10. The van der Waals surface area contributed by atoms with Crippen molar-refractivity contribution < 1.29 is 0 Å². The number of alkyl halides is 1. The Bertz CT molecular complexity index is 514. The van der Waals surface area contributed by atoms with E-state index in [1.807, 2.05) is 30.5 Å². The fourth-order valence-electron chi connectivity index (χ4n) is 2.07. The minimum Gasteiger partial charge on any atom is -0.301 e. The van der Waals surface area contributed by atoms with Gasteiger partial charge in [0.1, 0.15) is 5.82 Å². The average Bonchev–Trinajstić information content (AvgIpc) is 2.75. The van der Waals surface area contributed by atoms with Crippen molar-refractivity contribution in [2.75, 3.05) is 6.54 Å². The number of nitrogens with zero attached hydrogens (tertiary/aromatic N) is 2. The van der Waals surface area contributed by atoms with E-state index in [-0.39, 0.29) is 5.50 Å². The van der Waals surface area contributed by atoms with E-state index in [1.165, 1.54) is 0 Å². The molecule has 2 unspecified atom stereocenters. The molecule has 1 aliphatic rings. The van der Waals surface area contributed by atoms with Crippen molar-refractivity contribution in [3.05, 3.63) is 36.3 Å². The zero-order valence-corrected chi connectivity index (χ0v) is 9.48.